The van der Waals surface area contributed by atoms with E-state index in [0.29, 0.717) is 30.4 Å². The van der Waals surface area contributed by atoms with Crippen LogP contribution in [0.4, 0.5) is 0 Å². The summed E-state index contributed by atoms with van der Waals surface area (Å²) in [5.41, 5.74) is 0.322. The average Bonchev–Trinajstić information content (AvgIpc) is 3.19. The molecule has 0 aliphatic carbocycles. The molecule has 0 aliphatic rings. The summed E-state index contributed by atoms with van der Waals surface area (Å²) in [4.78, 5) is 4.56. The lowest BCUT2D eigenvalue weighted by atomic mass is 10.0. The largest absolute Gasteiger partial charge is 0.466 e. The molecule has 1 aromatic carbocycles. The van der Waals surface area contributed by atoms with Crippen molar-refractivity contribution >= 4 is 16.0 Å². The van der Waals surface area contributed by atoms with Crippen molar-refractivity contribution in [2.24, 2.45) is 4.99 Å². The number of hydrogen-bond acceptors (Lipinski definition) is 5. The molecule has 1 heterocycles. The molecule has 30 heavy (non-hydrogen) atoms. The summed E-state index contributed by atoms with van der Waals surface area (Å²) in [7, 11) is -3.43. The molecule has 1 unspecified atom stereocenters. The van der Waals surface area contributed by atoms with E-state index in [1.165, 1.54) is 6.26 Å². The second-order valence-corrected chi connectivity index (χ2v) is 9.35. The third kappa shape index (κ3) is 7.47. The third-order valence-electron chi connectivity index (χ3n) is 4.28. The first-order valence-corrected chi connectivity index (χ1v) is 11.6. The molecule has 2 aromatic rings. The van der Waals surface area contributed by atoms with Gasteiger partial charge in [-0.25, -0.2) is 18.1 Å². The molecule has 4 N–H and O–H groups in total. The molecular formula is C21H32N4O4S. The van der Waals surface area contributed by atoms with E-state index in [4.69, 9.17) is 4.42 Å². The maximum absolute atomic E-state index is 12.3. The standard InChI is InChI=1S/C21H32N4O4S/c1-5-22-20(24-15-21(4,26)19-11-8-12-29-19)23-13-17-9-6-7-10-18(17)14-30(27,28)25-16(2)3/h6-12,16,25-26H,5,13-15H2,1-4H3,(H2,22,23,24). The summed E-state index contributed by atoms with van der Waals surface area (Å²) in [5.74, 6) is 0.870. The molecule has 1 aromatic heterocycles. The lowest BCUT2D eigenvalue weighted by molar-refractivity contribution is 0.0386. The molecule has 2 rings (SSSR count). The molecule has 0 bridgehead atoms. The van der Waals surface area contributed by atoms with Crippen LogP contribution in [0.2, 0.25) is 0 Å². The molecular weight excluding hydrogens is 404 g/mol. The molecule has 0 spiro atoms. The zero-order chi connectivity index (χ0) is 22.2. The fraction of sp³-hybridized carbons (Fsp3) is 0.476. The smallest absolute Gasteiger partial charge is 0.216 e. The molecule has 1 atom stereocenters. The number of aliphatic hydroxyl groups is 1. The highest BCUT2D eigenvalue weighted by Gasteiger charge is 2.26. The minimum absolute atomic E-state index is 0.103. The lowest BCUT2D eigenvalue weighted by Crippen LogP contribution is -2.44. The molecule has 0 radical (unpaired) electrons. The highest BCUT2D eigenvalue weighted by atomic mass is 32.2. The van der Waals surface area contributed by atoms with Gasteiger partial charge in [0, 0.05) is 12.6 Å². The summed E-state index contributed by atoms with van der Waals surface area (Å²) in [5, 5.41) is 16.9. The van der Waals surface area contributed by atoms with Crippen molar-refractivity contribution in [3.8, 4) is 0 Å². The van der Waals surface area contributed by atoms with Crippen molar-refractivity contribution in [1.82, 2.24) is 15.4 Å². The normalized spacial score (nSPS) is 14.5. The number of aliphatic imine (C=N–C) groups is 1. The molecule has 0 saturated heterocycles. The van der Waals surface area contributed by atoms with Gasteiger partial charge < -0.3 is 20.2 Å². The summed E-state index contributed by atoms with van der Waals surface area (Å²) < 4.78 is 32.5. The SMILES string of the molecule is CCNC(=NCc1ccccc1CS(=O)(=O)NC(C)C)NCC(C)(O)c1ccco1. The average molecular weight is 437 g/mol. The fourth-order valence-corrected chi connectivity index (χ4v) is 4.38. The summed E-state index contributed by atoms with van der Waals surface area (Å²) >= 11 is 0. The van der Waals surface area contributed by atoms with Gasteiger partial charge in [-0.15, -0.1) is 0 Å². The molecule has 0 saturated carbocycles. The Morgan fingerprint density at radius 1 is 1.17 bits per heavy atom. The van der Waals surface area contributed by atoms with Gasteiger partial charge >= 0.3 is 0 Å². The first-order valence-electron chi connectivity index (χ1n) is 9.98. The molecule has 0 amide bonds. The van der Waals surface area contributed by atoms with Crippen LogP contribution in [-0.4, -0.2) is 38.6 Å². The van der Waals surface area contributed by atoms with E-state index in [2.05, 4.69) is 20.3 Å². The van der Waals surface area contributed by atoms with Gasteiger partial charge in [0.2, 0.25) is 10.0 Å². The van der Waals surface area contributed by atoms with Crippen molar-refractivity contribution < 1.29 is 17.9 Å². The van der Waals surface area contributed by atoms with Crippen LogP contribution in [0.3, 0.4) is 0 Å². The van der Waals surface area contributed by atoms with E-state index in [1.54, 1.807) is 39.0 Å². The van der Waals surface area contributed by atoms with Gasteiger partial charge in [-0.2, -0.15) is 0 Å². The second kappa shape index (κ2) is 10.6. The second-order valence-electron chi connectivity index (χ2n) is 7.60. The number of nitrogens with zero attached hydrogens (tertiary/aromatic N) is 1. The zero-order valence-electron chi connectivity index (χ0n) is 18.0. The number of sulfonamides is 1. The van der Waals surface area contributed by atoms with Crippen LogP contribution in [0.1, 0.15) is 44.6 Å². The van der Waals surface area contributed by atoms with E-state index >= 15 is 0 Å². The van der Waals surface area contributed by atoms with Crippen molar-refractivity contribution in [2.45, 2.75) is 51.6 Å². The van der Waals surface area contributed by atoms with Crippen LogP contribution in [0.25, 0.3) is 0 Å². The quantitative estimate of drug-likeness (QED) is 0.335. The monoisotopic (exact) mass is 436 g/mol. The predicted molar refractivity (Wildman–Crippen MR) is 118 cm³/mol. The van der Waals surface area contributed by atoms with E-state index in [0.717, 1.165) is 5.56 Å². The summed E-state index contributed by atoms with van der Waals surface area (Å²) in [6, 6.07) is 10.6. The Hall–Kier alpha value is -2.36. The Balaban J connectivity index is 2.11. The highest BCUT2D eigenvalue weighted by molar-refractivity contribution is 7.88. The van der Waals surface area contributed by atoms with Gasteiger partial charge in [-0.3, -0.25) is 0 Å². The van der Waals surface area contributed by atoms with Gasteiger partial charge in [0.1, 0.15) is 11.4 Å². The van der Waals surface area contributed by atoms with Crippen LogP contribution in [0.15, 0.2) is 52.1 Å². The first kappa shape index (κ1) is 23.9. The number of benzene rings is 1. The first-order chi connectivity index (χ1) is 14.1. The van der Waals surface area contributed by atoms with Crippen LogP contribution in [0, 0.1) is 0 Å². The van der Waals surface area contributed by atoms with Crippen molar-refractivity contribution in [2.75, 3.05) is 13.1 Å². The predicted octanol–water partition coefficient (Wildman–Crippen LogP) is 2.07. The van der Waals surface area contributed by atoms with Crippen LogP contribution in [-0.2, 0) is 27.9 Å². The van der Waals surface area contributed by atoms with Gasteiger partial charge in [0.15, 0.2) is 5.96 Å². The van der Waals surface area contributed by atoms with Crippen molar-refractivity contribution in [1.29, 1.82) is 0 Å². The van der Waals surface area contributed by atoms with E-state index < -0.39 is 15.6 Å². The minimum Gasteiger partial charge on any atom is -0.466 e. The lowest BCUT2D eigenvalue weighted by Gasteiger charge is -2.22. The third-order valence-corrected chi connectivity index (χ3v) is 5.80. The van der Waals surface area contributed by atoms with Crippen LogP contribution in [0.5, 0.6) is 0 Å². The molecule has 166 valence electrons. The van der Waals surface area contributed by atoms with Gasteiger partial charge in [-0.1, -0.05) is 24.3 Å². The number of guanidine groups is 1. The Morgan fingerprint density at radius 2 is 1.87 bits per heavy atom. The van der Waals surface area contributed by atoms with Crippen molar-refractivity contribution in [3.05, 3.63) is 59.5 Å². The Morgan fingerprint density at radius 3 is 2.47 bits per heavy atom. The van der Waals surface area contributed by atoms with Gasteiger partial charge in [0.25, 0.3) is 0 Å². The van der Waals surface area contributed by atoms with Gasteiger partial charge in [0.05, 0.1) is 25.1 Å². The molecule has 8 nitrogen and oxygen atoms in total. The van der Waals surface area contributed by atoms with Crippen LogP contribution < -0.4 is 15.4 Å². The Labute approximate surface area is 178 Å². The molecule has 0 fully saturated rings. The highest BCUT2D eigenvalue weighted by Crippen LogP contribution is 2.19. The van der Waals surface area contributed by atoms with E-state index in [-0.39, 0.29) is 18.3 Å². The Bertz CT molecular complexity index is 922. The number of nitrogens with one attached hydrogen (secondary N) is 3. The number of rotatable bonds is 10. The van der Waals surface area contributed by atoms with Crippen molar-refractivity contribution in [3.63, 3.8) is 0 Å². The fourth-order valence-electron chi connectivity index (χ4n) is 2.89. The zero-order valence-corrected chi connectivity index (χ0v) is 18.8. The minimum atomic E-state index is -3.43. The Kier molecular flexibility index (Phi) is 8.45. The maximum atomic E-state index is 12.3. The summed E-state index contributed by atoms with van der Waals surface area (Å²) in [6.45, 7) is 8.32. The van der Waals surface area contributed by atoms with Gasteiger partial charge in [-0.05, 0) is 51.0 Å². The number of hydrogen-bond donors (Lipinski definition) is 4. The summed E-state index contributed by atoms with van der Waals surface area (Å²) in [6.07, 6.45) is 1.52. The van der Waals surface area contributed by atoms with E-state index in [1.807, 2.05) is 25.1 Å². The molecule has 0 aliphatic heterocycles. The number of furan rings is 1. The maximum Gasteiger partial charge on any atom is 0.216 e. The van der Waals surface area contributed by atoms with Crippen LogP contribution >= 0.6 is 0 Å². The molecule has 9 heteroatoms. The van der Waals surface area contributed by atoms with E-state index in [9.17, 15) is 13.5 Å². The topological polar surface area (TPSA) is 116 Å².